The zero-order valence-electron chi connectivity index (χ0n) is 11.6. The van der Waals surface area contributed by atoms with E-state index >= 15 is 0 Å². The number of hydrogen-bond acceptors (Lipinski definition) is 4. The number of hydrogen-bond donors (Lipinski definition) is 0. The fourth-order valence-corrected chi connectivity index (χ4v) is 2.20. The molecule has 2 aliphatic rings. The van der Waals surface area contributed by atoms with Crippen LogP contribution < -0.4 is 4.74 Å². The van der Waals surface area contributed by atoms with Crippen molar-refractivity contribution in [3.63, 3.8) is 0 Å². The number of carbonyl (C=O) groups is 1. The van der Waals surface area contributed by atoms with Crippen LogP contribution in [0.4, 0.5) is 0 Å². The van der Waals surface area contributed by atoms with Crippen molar-refractivity contribution in [1.82, 2.24) is 4.90 Å². The largest absolute Gasteiger partial charge is 0.490 e. The fourth-order valence-electron chi connectivity index (χ4n) is 2.20. The van der Waals surface area contributed by atoms with Crippen molar-refractivity contribution in [2.45, 2.75) is 19.6 Å². The molecule has 0 radical (unpaired) electrons. The van der Waals surface area contributed by atoms with Gasteiger partial charge in [0.15, 0.2) is 0 Å². The lowest BCUT2D eigenvalue weighted by Gasteiger charge is -2.27. The highest BCUT2D eigenvalue weighted by Gasteiger charge is 2.24. The molecule has 1 aromatic carbocycles. The van der Waals surface area contributed by atoms with Gasteiger partial charge < -0.3 is 19.1 Å². The number of ether oxygens (including phenoxy) is 3. The molecule has 2 saturated heterocycles. The average Bonchev–Trinajstić information content (AvgIpc) is 3.25. The highest BCUT2D eigenvalue weighted by atomic mass is 16.6. The maximum Gasteiger partial charge on any atom is 0.248 e. The summed E-state index contributed by atoms with van der Waals surface area (Å²) in [6.07, 6.45) is 0.230. The summed E-state index contributed by atoms with van der Waals surface area (Å²) in [4.78, 5) is 13.6. The standard InChI is InChI=1S/C15H19NO4/c1-11-2-3-12(7-16-4-5-18-10-15(16)17)14(6-11)20-9-13-8-19-13/h2-3,6,13H,4-5,7-10H2,1H3/t13-/m0/s1. The Labute approximate surface area is 118 Å². The van der Waals surface area contributed by atoms with E-state index in [1.165, 1.54) is 0 Å². The van der Waals surface area contributed by atoms with Gasteiger partial charge in [-0.15, -0.1) is 0 Å². The zero-order chi connectivity index (χ0) is 13.9. The Bertz CT molecular complexity index is 499. The molecule has 5 heteroatoms. The van der Waals surface area contributed by atoms with E-state index in [9.17, 15) is 4.79 Å². The number of nitrogens with zero attached hydrogens (tertiary/aromatic N) is 1. The van der Waals surface area contributed by atoms with Gasteiger partial charge >= 0.3 is 0 Å². The Kier molecular flexibility index (Phi) is 3.89. The van der Waals surface area contributed by atoms with Gasteiger partial charge in [0.1, 0.15) is 25.1 Å². The fraction of sp³-hybridized carbons (Fsp3) is 0.533. The van der Waals surface area contributed by atoms with Crippen molar-refractivity contribution in [2.75, 3.05) is 33.0 Å². The Morgan fingerprint density at radius 1 is 1.45 bits per heavy atom. The summed E-state index contributed by atoms with van der Waals surface area (Å²) in [5, 5.41) is 0. The number of benzene rings is 1. The molecular formula is C15H19NO4. The molecule has 108 valence electrons. The van der Waals surface area contributed by atoms with E-state index in [1.807, 2.05) is 30.0 Å². The molecule has 0 aromatic heterocycles. The van der Waals surface area contributed by atoms with E-state index < -0.39 is 0 Å². The Morgan fingerprint density at radius 2 is 2.30 bits per heavy atom. The summed E-state index contributed by atoms with van der Waals surface area (Å²) in [5.41, 5.74) is 2.18. The van der Waals surface area contributed by atoms with Crippen LogP contribution in [0, 0.1) is 6.92 Å². The third kappa shape index (κ3) is 3.29. The summed E-state index contributed by atoms with van der Waals surface area (Å²) in [6.45, 7) is 5.38. The molecule has 0 bridgehead atoms. The maximum atomic E-state index is 11.8. The normalized spacial score (nSPS) is 21.9. The van der Waals surface area contributed by atoms with Gasteiger partial charge in [-0.3, -0.25) is 4.79 Å². The quantitative estimate of drug-likeness (QED) is 0.757. The number of epoxide rings is 1. The van der Waals surface area contributed by atoms with E-state index in [0.29, 0.717) is 26.3 Å². The van der Waals surface area contributed by atoms with Gasteiger partial charge in [-0.1, -0.05) is 12.1 Å². The predicted octanol–water partition coefficient (Wildman–Crippen LogP) is 1.13. The van der Waals surface area contributed by atoms with Crippen LogP contribution in [0.25, 0.3) is 0 Å². The molecule has 1 atom stereocenters. The molecule has 0 unspecified atom stereocenters. The summed E-state index contributed by atoms with van der Waals surface area (Å²) < 4.78 is 16.1. The van der Waals surface area contributed by atoms with Gasteiger partial charge in [0.25, 0.3) is 0 Å². The molecule has 2 heterocycles. The molecule has 5 nitrogen and oxygen atoms in total. The second kappa shape index (κ2) is 5.81. The molecule has 0 saturated carbocycles. The molecular weight excluding hydrogens is 258 g/mol. The Morgan fingerprint density at radius 3 is 3.05 bits per heavy atom. The molecule has 3 rings (SSSR count). The SMILES string of the molecule is Cc1ccc(CN2CCOCC2=O)c(OC[C@@H]2CO2)c1. The van der Waals surface area contributed by atoms with Gasteiger partial charge in [0.2, 0.25) is 5.91 Å². The van der Waals surface area contributed by atoms with Crippen molar-refractivity contribution in [1.29, 1.82) is 0 Å². The lowest BCUT2D eigenvalue weighted by Crippen LogP contribution is -2.41. The van der Waals surface area contributed by atoms with Crippen LogP contribution >= 0.6 is 0 Å². The zero-order valence-corrected chi connectivity index (χ0v) is 11.6. The summed E-state index contributed by atoms with van der Waals surface area (Å²) in [6, 6.07) is 6.09. The molecule has 0 spiro atoms. The first-order chi connectivity index (χ1) is 9.72. The van der Waals surface area contributed by atoms with E-state index in [-0.39, 0.29) is 18.6 Å². The van der Waals surface area contributed by atoms with Gasteiger partial charge in [-0.2, -0.15) is 0 Å². The Balaban J connectivity index is 1.71. The minimum Gasteiger partial charge on any atom is -0.490 e. The number of rotatable bonds is 5. The van der Waals surface area contributed by atoms with E-state index in [1.54, 1.807) is 0 Å². The van der Waals surface area contributed by atoms with Gasteiger partial charge in [-0.25, -0.2) is 0 Å². The van der Waals surface area contributed by atoms with Crippen LogP contribution in [0.3, 0.4) is 0 Å². The second-order valence-corrected chi connectivity index (χ2v) is 5.25. The third-order valence-corrected chi connectivity index (χ3v) is 3.49. The maximum absolute atomic E-state index is 11.8. The number of aryl methyl sites for hydroxylation is 1. The molecule has 1 aromatic rings. The smallest absolute Gasteiger partial charge is 0.248 e. The van der Waals surface area contributed by atoms with E-state index in [0.717, 1.165) is 23.5 Å². The summed E-state index contributed by atoms with van der Waals surface area (Å²) in [7, 11) is 0. The van der Waals surface area contributed by atoms with Crippen LogP contribution in [0.15, 0.2) is 18.2 Å². The van der Waals surface area contributed by atoms with Crippen molar-refractivity contribution in [3.8, 4) is 5.75 Å². The molecule has 2 aliphatic heterocycles. The predicted molar refractivity (Wildman–Crippen MR) is 72.7 cm³/mol. The first kappa shape index (κ1) is 13.4. The van der Waals surface area contributed by atoms with Gasteiger partial charge in [0, 0.05) is 18.7 Å². The highest BCUT2D eigenvalue weighted by Crippen LogP contribution is 2.24. The monoisotopic (exact) mass is 277 g/mol. The lowest BCUT2D eigenvalue weighted by atomic mass is 10.1. The van der Waals surface area contributed by atoms with E-state index in [2.05, 4.69) is 0 Å². The molecule has 1 amide bonds. The van der Waals surface area contributed by atoms with Crippen molar-refractivity contribution in [2.24, 2.45) is 0 Å². The molecule has 2 fully saturated rings. The van der Waals surface area contributed by atoms with Gasteiger partial charge in [-0.05, 0) is 18.6 Å². The van der Waals surface area contributed by atoms with Crippen LogP contribution in [-0.2, 0) is 20.8 Å². The number of amides is 1. The van der Waals surface area contributed by atoms with Crippen molar-refractivity contribution in [3.05, 3.63) is 29.3 Å². The van der Waals surface area contributed by atoms with Crippen LogP contribution in [-0.4, -0.2) is 49.9 Å². The van der Waals surface area contributed by atoms with Crippen LogP contribution in [0.1, 0.15) is 11.1 Å². The molecule has 0 aliphatic carbocycles. The minimum absolute atomic E-state index is 0.0355. The topological polar surface area (TPSA) is 51.3 Å². The van der Waals surface area contributed by atoms with Crippen molar-refractivity contribution < 1.29 is 19.0 Å². The third-order valence-electron chi connectivity index (χ3n) is 3.49. The molecule has 0 N–H and O–H groups in total. The van der Waals surface area contributed by atoms with Crippen molar-refractivity contribution >= 4 is 5.91 Å². The minimum atomic E-state index is 0.0355. The Hall–Kier alpha value is -1.59. The molecule has 20 heavy (non-hydrogen) atoms. The lowest BCUT2D eigenvalue weighted by molar-refractivity contribution is -0.143. The van der Waals surface area contributed by atoms with Crippen LogP contribution in [0.2, 0.25) is 0 Å². The summed E-state index contributed by atoms with van der Waals surface area (Å²) in [5.74, 6) is 0.882. The average molecular weight is 277 g/mol. The first-order valence-corrected chi connectivity index (χ1v) is 6.92. The highest BCUT2D eigenvalue weighted by molar-refractivity contribution is 5.78. The first-order valence-electron chi connectivity index (χ1n) is 6.92. The number of morpholine rings is 1. The van der Waals surface area contributed by atoms with Crippen LogP contribution in [0.5, 0.6) is 5.75 Å². The second-order valence-electron chi connectivity index (χ2n) is 5.25. The number of carbonyl (C=O) groups excluding carboxylic acids is 1. The van der Waals surface area contributed by atoms with Gasteiger partial charge in [0.05, 0.1) is 13.2 Å². The summed E-state index contributed by atoms with van der Waals surface area (Å²) >= 11 is 0. The van der Waals surface area contributed by atoms with E-state index in [4.69, 9.17) is 14.2 Å².